The van der Waals surface area contributed by atoms with E-state index in [0.717, 1.165) is 61.7 Å². The Morgan fingerprint density at radius 1 is 1.06 bits per heavy atom. The second kappa shape index (κ2) is 11.3. The third-order valence-corrected chi connectivity index (χ3v) is 8.59. The molecule has 2 atom stereocenters. The number of nitrogens with zero attached hydrogens (tertiary/aromatic N) is 2. The van der Waals surface area contributed by atoms with Crippen molar-refractivity contribution >= 4 is 28.7 Å². The molecule has 1 N–H and O–H groups in total. The molecule has 3 aromatic rings. The van der Waals surface area contributed by atoms with Gasteiger partial charge < -0.3 is 14.6 Å². The number of rotatable bonds is 7. The van der Waals surface area contributed by atoms with Crippen LogP contribution in [0.3, 0.4) is 0 Å². The molecule has 1 saturated heterocycles. The van der Waals surface area contributed by atoms with Crippen molar-refractivity contribution in [2.45, 2.75) is 63.1 Å². The minimum atomic E-state index is -0.954. The molecule has 1 aliphatic heterocycles. The van der Waals surface area contributed by atoms with E-state index in [-0.39, 0.29) is 17.9 Å². The molecule has 2 aromatic carbocycles. The molecule has 0 spiro atoms. The highest BCUT2D eigenvalue weighted by molar-refractivity contribution is 7.99. The van der Waals surface area contributed by atoms with Crippen molar-refractivity contribution in [2.24, 2.45) is 5.92 Å². The van der Waals surface area contributed by atoms with Gasteiger partial charge in [-0.05, 0) is 48.7 Å². The highest BCUT2D eigenvalue weighted by Gasteiger charge is 2.37. The summed E-state index contributed by atoms with van der Waals surface area (Å²) in [6.07, 6.45) is 6.52. The fourth-order valence-corrected chi connectivity index (χ4v) is 6.85. The monoisotopic (exact) mass is 513 g/mol. The van der Waals surface area contributed by atoms with E-state index in [1.807, 2.05) is 46.7 Å². The molecule has 1 aliphatic carbocycles. The first-order valence-electron chi connectivity index (χ1n) is 12.9. The number of halogens is 2. The summed E-state index contributed by atoms with van der Waals surface area (Å²) >= 11 is 1.89. The number of fused-ring (bicyclic) bond motifs is 1. The number of benzene rings is 2. The second-order valence-corrected chi connectivity index (χ2v) is 11.1. The van der Waals surface area contributed by atoms with Crippen LogP contribution in [0.5, 0.6) is 0 Å². The predicted molar refractivity (Wildman–Crippen MR) is 139 cm³/mol. The number of thioether (sulfide) groups is 1. The fourth-order valence-electron chi connectivity index (χ4n) is 5.71. The number of hydrogen-bond acceptors (Lipinski definition) is 4. The maximum Gasteiger partial charge on any atom is 0.243 e. The van der Waals surface area contributed by atoms with Gasteiger partial charge in [0.05, 0.1) is 11.0 Å². The van der Waals surface area contributed by atoms with E-state index < -0.39 is 23.8 Å². The van der Waals surface area contributed by atoms with Crippen molar-refractivity contribution in [1.82, 2.24) is 14.9 Å². The summed E-state index contributed by atoms with van der Waals surface area (Å²) in [5.41, 5.74) is 1.61. The van der Waals surface area contributed by atoms with Crippen molar-refractivity contribution < 1.29 is 18.3 Å². The molecule has 192 valence electrons. The van der Waals surface area contributed by atoms with Gasteiger partial charge in [-0.1, -0.05) is 49.6 Å². The zero-order valence-electron chi connectivity index (χ0n) is 20.6. The molecule has 1 amide bonds. The van der Waals surface area contributed by atoms with Crippen molar-refractivity contribution in [2.75, 3.05) is 18.6 Å². The number of ether oxygens (including phenoxy) is 1. The van der Waals surface area contributed by atoms with Gasteiger partial charge in [0.25, 0.3) is 0 Å². The minimum Gasteiger partial charge on any atom is -0.369 e. The van der Waals surface area contributed by atoms with E-state index in [0.29, 0.717) is 16.9 Å². The third kappa shape index (κ3) is 5.16. The lowest BCUT2D eigenvalue weighted by atomic mass is 9.90. The molecule has 8 heteroatoms. The Hall–Kier alpha value is -2.45. The standard InChI is InChI=1S/C28H33F2N3O2S/c1-35-26(19-8-4-2-5-9-19)27-32-23-16-21(29)22(30)17-24(23)33(27)25(18-12-14-36-15-13-18)28(34)31-20-10-6-3-7-11-20/h2,4-5,8-9,16-18,20,25-26H,3,6-7,10-15H2,1H3,(H,31,34)/t25?,26-/m1/s1. The van der Waals surface area contributed by atoms with Gasteiger partial charge in [-0.15, -0.1) is 0 Å². The van der Waals surface area contributed by atoms with E-state index in [4.69, 9.17) is 9.72 Å². The van der Waals surface area contributed by atoms with Crippen LogP contribution in [-0.4, -0.2) is 40.1 Å². The average Bonchev–Trinajstić information content (AvgIpc) is 3.24. The van der Waals surface area contributed by atoms with Gasteiger partial charge in [0.1, 0.15) is 18.0 Å². The molecule has 1 saturated carbocycles. The molecule has 1 aromatic heterocycles. The number of hydrogen-bond donors (Lipinski definition) is 1. The third-order valence-electron chi connectivity index (χ3n) is 7.54. The number of carbonyl (C=O) groups excluding carboxylic acids is 1. The van der Waals surface area contributed by atoms with Crippen molar-refractivity contribution in [1.29, 1.82) is 0 Å². The number of amides is 1. The van der Waals surface area contributed by atoms with Gasteiger partial charge in [-0.3, -0.25) is 4.79 Å². The van der Waals surface area contributed by atoms with Gasteiger partial charge in [0.2, 0.25) is 5.91 Å². The van der Waals surface area contributed by atoms with Crippen LogP contribution in [0.15, 0.2) is 42.5 Å². The Labute approximate surface area is 215 Å². The highest BCUT2D eigenvalue weighted by atomic mass is 32.2. The van der Waals surface area contributed by atoms with E-state index in [1.165, 1.54) is 12.5 Å². The topological polar surface area (TPSA) is 56.2 Å². The van der Waals surface area contributed by atoms with E-state index >= 15 is 0 Å². The number of imidazole rings is 1. The van der Waals surface area contributed by atoms with Crippen LogP contribution >= 0.6 is 11.8 Å². The van der Waals surface area contributed by atoms with Gasteiger partial charge in [-0.2, -0.15) is 11.8 Å². The predicted octanol–water partition coefficient (Wildman–Crippen LogP) is 6.18. The normalized spacial score (nSPS) is 19.3. The molecule has 5 nitrogen and oxygen atoms in total. The lowest BCUT2D eigenvalue weighted by molar-refractivity contribution is -0.127. The lowest BCUT2D eigenvalue weighted by Gasteiger charge is -2.34. The zero-order chi connectivity index (χ0) is 25.1. The quantitative estimate of drug-likeness (QED) is 0.410. The maximum atomic E-state index is 14.6. The van der Waals surface area contributed by atoms with Gasteiger partial charge in [-0.25, -0.2) is 13.8 Å². The molecule has 36 heavy (non-hydrogen) atoms. The van der Waals surface area contributed by atoms with Gasteiger partial charge in [0.15, 0.2) is 11.6 Å². The Morgan fingerprint density at radius 3 is 2.44 bits per heavy atom. The molecule has 1 unspecified atom stereocenters. The van der Waals surface area contributed by atoms with E-state index in [2.05, 4.69) is 5.32 Å². The Morgan fingerprint density at radius 2 is 1.75 bits per heavy atom. The van der Waals surface area contributed by atoms with Crippen LogP contribution in [-0.2, 0) is 9.53 Å². The van der Waals surface area contributed by atoms with Crippen LogP contribution in [0.2, 0.25) is 0 Å². The molecule has 5 rings (SSSR count). The number of nitrogens with one attached hydrogen (secondary N) is 1. The molecular weight excluding hydrogens is 480 g/mol. The van der Waals surface area contributed by atoms with Crippen LogP contribution in [0, 0.1) is 17.6 Å². The summed E-state index contributed by atoms with van der Waals surface area (Å²) in [5, 5.41) is 3.32. The molecule has 0 radical (unpaired) electrons. The summed E-state index contributed by atoms with van der Waals surface area (Å²) in [5.74, 6) is 0.522. The Bertz CT molecular complexity index is 1190. The SMILES string of the molecule is CO[C@H](c1ccccc1)c1nc2cc(F)c(F)cc2n1C(C(=O)NC1CCCCC1)C1CCSCC1. The lowest BCUT2D eigenvalue weighted by Crippen LogP contribution is -2.44. The molecule has 0 bridgehead atoms. The second-order valence-electron chi connectivity index (χ2n) is 9.86. The van der Waals surface area contributed by atoms with Gasteiger partial charge >= 0.3 is 0 Å². The fraction of sp³-hybridized carbons (Fsp3) is 0.500. The summed E-state index contributed by atoms with van der Waals surface area (Å²) in [7, 11) is 1.59. The Kier molecular flexibility index (Phi) is 7.91. The minimum absolute atomic E-state index is 0.0624. The first-order chi connectivity index (χ1) is 17.6. The average molecular weight is 514 g/mol. The highest BCUT2D eigenvalue weighted by Crippen LogP contribution is 2.39. The first-order valence-corrected chi connectivity index (χ1v) is 14.0. The first kappa shape index (κ1) is 25.2. The number of carbonyl (C=O) groups is 1. The van der Waals surface area contributed by atoms with Crippen LogP contribution in [0.25, 0.3) is 11.0 Å². The van der Waals surface area contributed by atoms with Crippen LogP contribution in [0.1, 0.15) is 68.5 Å². The van der Waals surface area contributed by atoms with Crippen molar-refractivity contribution in [3.8, 4) is 0 Å². The molecule has 2 aliphatic rings. The molecular formula is C28H33F2N3O2S. The number of methoxy groups -OCH3 is 1. The molecule has 2 heterocycles. The van der Waals surface area contributed by atoms with E-state index in [9.17, 15) is 13.6 Å². The van der Waals surface area contributed by atoms with Crippen LogP contribution < -0.4 is 5.32 Å². The maximum absolute atomic E-state index is 14.6. The Balaban J connectivity index is 1.66. The van der Waals surface area contributed by atoms with Crippen molar-refractivity contribution in [3.05, 3.63) is 65.5 Å². The van der Waals surface area contributed by atoms with Crippen molar-refractivity contribution in [3.63, 3.8) is 0 Å². The summed E-state index contributed by atoms with van der Waals surface area (Å²) in [6, 6.07) is 11.5. The van der Waals surface area contributed by atoms with Crippen LogP contribution in [0.4, 0.5) is 8.78 Å². The van der Waals surface area contributed by atoms with E-state index in [1.54, 1.807) is 7.11 Å². The largest absolute Gasteiger partial charge is 0.369 e. The summed E-state index contributed by atoms with van der Waals surface area (Å²) in [4.78, 5) is 18.8. The smallest absolute Gasteiger partial charge is 0.243 e. The summed E-state index contributed by atoms with van der Waals surface area (Å²) < 4.78 is 36.6. The zero-order valence-corrected chi connectivity index (χ0v) is 21.4. The summed E-state index contributed by atoms with van der Waals surface area (Å²) in [6.45, 7) is 0. The number of aromatic nitrogens is 2. The van der Waals surface area contributed by atoms with Gasteiger partial charge in [0, 0.05) is 25.3 Å². The molecule has 2 fully saturated rings.